The lowest BCUT2D eigenvalue weighted by atomic mass is 10.0. The molecule has 0 saturated heterocycles. The summed E-state index contributed by atoms with van der Waals surface area (Å²) in [6.07, 6.45) is -0.538. The largest absolute Gasteiger partial charge is 0.462 e. The van der Waals surface area contributed by atoms with Gasteiger partial charge in [0.05, 0.1) is 17.2 Å². The van der Waals surface area contributed by atoms with Crippen LogP contribution in [0.5, 0.6) is 0 Å². The molecule has 1 aromatic heterocycles. The topological polar surface area (TPSA) is 97.3 Å². The molecule has 0 atom stereocenters. The maximum absolute atomic E-state index is 12.9. The molecule has 5 aromatic rings. The summed E-state index contributed by atoms with van der Waals surface area (Å²) >= 11 is 1.41. The number of rotatable bonds is 13. The summed E-state index contributed by atoms with van der Waals surface area (Å²) in [5, 5.41) is 8.76. The van der Waals surface area contributed by atoms with Gasteiger partial charge >= 0.3 is 12.1 Å². The van der Waals surface area contributed by atoms with Gasteiger partial charge in [-0.2, -0.15) is 0 Å². The molecular weight excluding hydrogens is 611 g/mol. The van der Waals surface area contributed by atoms with Gasteiger partial charge in [0.1, 0.15) is 0 Å². The van der Waals surface area contributed by atoms with Gasteiger partial charge in [-0.1, -0.05) is 78.5 Å². The normalized spacial score (nSPS) is 11.0. The highest BCUT2D eigenvalue weighted by Crippen LogP contribution is 2.35. The monoisotopic (exact) mass is 643 g/mol. The summed E-state index contributed by atoms with van der Waals surface area (Å²) in [6, 6.07) is 38.0. The summed E-state index contributed by atoms with van der Waals surface area (Å²) in [6.45, 7) is 5.48. The lowest BCUT2D eigenvalue weighted by Crippen LogP contribution is -2.23. The average molecular weight is 644 g/mol. The second-order valence-corrected chi connectivity index (χ2v) is 11.4. The second kappa shape index (κ2) is 16.0. The predicted molar refractivity (Wildman–Crippen MR) is 186 cm³/mol. The Bertz CT molecular complexity index is 1850. The Hall–Kier alpha value is -5.80. The highest BCUT2D eigenvalue weighted by atomic mass is 32.1. The van der Waals surface area contributed by atoms with Crippen LogP contribution in [0.1, 0.15) is 39.7 Å². The van der Waals surface area contributed by atoms with Crippen molar-refractivity contribution in [3.8, 4) is 0 Å². The van der Waals surface area contributed by atoms with Crippen LogP contribution in [0, 0.1) is 0 Å². The maximum atomic E-state index is 12.9. The van der Waals surface area contributed by atoms with Gasteiger partial charge in [-0.3, -0.25) is 9.63 Å². The summed E-state index contributed by atoms with van der Waals surface area (Å²) in [4.78, 5) is 45.5. The van der Waals surface area contributed by atoms with Crippen LogP contribution in [-0.2, 0) is 20.9 Å². The van der Waals surface area contributed by atoms with Crippen molar-refractivity contribution in [3.63, 3.8) is 0 Å². The van der Waals surface area contributed by atoms with E-state index in [0.717, 1.165) is 22.6 Å². The van der Waals surface area contributed by atoms with E-state index >= 15 is 0 Å². The molecule has 1 N–H and O–H groups in total. The van der Waals surface area contributed by atoms with Gasteiger partial charge in [0.2, 0.25) is 5.78 Å². The van der Waals surface area contributed by atoms with Crippen molar-refractivity contribution in [3.05, 3.63) is 160 Å². The van der Waals surface area contributed by atoms with Crippen molar-refractivity contribution in [2.24, 2.45) is 5.16 Å². The number of oxime groups is 1. The van der Waals surface area contributed by atoms with Crippen molar-refractivity contribution >= 4 is 52.0 Å². The number of carbonyl (C=O) groups is 3. The number of benzene rings is 4. The van der Waals surface area contributed by atoms with Crippen LogP contribution in [-0.4, -0.2) is 30.2 Å². The fourth-order valence-electron chi connectivity index (χ4n) is 4.67. The quantitative estimate of drug-likeness (QED) is 0.0345. The lowest BCUT2D eigenvalue weighted by Gasteiger charge is -2.26. The van der Waals surface area contributed by atoms with E-state index in [4.69, 9.17) is 9.57 Å². The average Bonchev–Trinajstić information content (AvgIpc) is 3.65. The number of hydrogen-bond acceptors (Lipinski definition) is 8. The molecule has 1 heterocycles. The molecule has 0 unspecified atom stereocenters. The molecule has 5 rings (SSSR count). The summed E-state index contributed by atoms with van der Waals surface area (Å²) in [5.41, 5.74) is 5.39. The first kappa shape index (κ1) is 32.6. The van der Waals surface area contributed by atoms with Gasteiger partial charge in [0.25, 0.3) is 0 Å². The summed E-state index contributed by atoms with van der Waals surface area (Å²) in [7, 11) is 0. The van der Waals surface area contributed by atoms with E-state index in [1.807, 2.05) is 127 Å². The summed E-state index contributed by atoms with van der Waals surface area (Å²) in [5.74, 6) is -0.545. The number of esters is 1. The first-order valence-corrected chi connectivity index (χ1v) is 15.8. The van der Waals surface area contributed by atoms with Crippen LogP contribution in [0.25, 0.3) is 0 Å². The van der Waals surface area contributed by atoms with E-state index in [1.165, 1.54) is 11.3 Å². The number of para-hydroxylation sites is 1. The molecule has 236 valence electrons. The Morgan fingerprint density at radius 1 is 0.787 bits per heavy atom. The zero-order valence-electron chi connectivity index (χ0n) is 25.8. The lowest BCUT2D eigenvalue weighted by molar-refractivity contribution is -0.138. The molecule has 0 radical (unpaired) electrons. The Morgan fingerprint density at radius 3 is 2.15 bits per heavy atom. The van der Waals surface area contributed by atoms with Crippen molar-refractivity contribution in [2.75, 3.05) is 11.5 Å². The van der Waals surface area contributed by atoms with Crippen molar-refractivity contribution in [1.29, 1.82) is 0 Å². The zero-order valence-corrected chi connectivity index (χ0v) is 26.6. The van der Waals surface area contributed by atoms with Crippen LogP contribution in [0.15, 0.2) is 144 Å². The third kappa shape index (κ3) is 8.90. The number of ketones is 1. The number of carbonyl (C=O) groups excluding carboxylic acids is 3. The van der Waals surface area contributed by atoms with Gasteiger partial charge in [0.15, 0.2) is 0 Å². The first-order valence-electron chi connectivity index (χ1n) is 14.9. The van der Waals surface area contributed by atoms with E-state index in [1.54, 1.807) is 6.92 Å². The molecule has 0 spiro atoms. The molecule has 0 aliphatic carbocycles. The smallest absolute Gasteiger partial charge is 0.433 e. The van der Waals surface area contributed by atoms with E-state index in [9.17, 15) is 14.4 Å². The van der Waals surface area contributed by atoms with Crippen LogP contribution >= 0.6 is 11.3 Å². The molecule has 0 fully saturated rings. The number of thiophene rings is 1. The molecule has 9 heteroatoms. The van der Waals surface area contributed by atoms with Crippen LogP contribution < -0.4 is 10.2 Å². The number of anilines is 3. The van der Waals surface area contributed by atoms with Crippen LogP contribution in [0.2, 0.25) is 0 Å². The van der Waals surface area contributed by atoms with Crippen molar-refractivity contribution < 1.29 is 24.0 Å². The van der Waals surface area contributed by atoms with Crippen LogP contribution in [0.3, 0.4) is 0 Å². The highest BCUT2D eigenvalue weighted by molar-refractivity contribution is 7.12. The first-order chi connectivity index (χ1) is 22.9. The Kier molecular flexibility index (Phi) is 11.1. The Morgan fingerprint density at radius 2 is 1.47 bits per heavy atom. The zero-order chi connectivity index (χ0) is 33.0. The molecule has 0 aliphatic heterocycles. The molecule has 1 amide bonds. The van der Waals surface area contributed by atoms with Gasteiger partial charge in [-0.05, 0) is 72.5 Å². The number of ether oxygens (including phenoxy) is 1. The fraction of sp³-hybridized carbons (Fsp3) is 0.105. The summed E-state index contributed by atoms with van der Waals surface area (Å²) < 4.78 is 5.33. The molecule has 4 aromatic carbocycles. The molecule has 8 nitrogen and oxygen atoms in total. The standard InChI is InChI=1S/C38H33N3O5S/c1-27(2)37(43)45-23-22-34(40-46-38(44)39-26-28-11-5-3-6-12-28)30-13-9-16-33(25-30)41(31-14-7-4-8-15-31)32-20-18-29(19-21-32)36(42)35-17-10-24-47-35/h3-21,24-25H,1,22-23,26H2,2H3,(H,39,44)/b40-34-. The van der Waals surface area contributed by atoms with Gasteiger partial charge < -0.3 is 15.0 Å². The molecule has 0 bridgehead atoms. The fourth-order valence-corrected chi connectivity index (χ4v) is 5.35. The molecule has 0 saturated carbocycles. The molecular formula is C38H33N3O5S. The minimum Gasteiger partial charge on any atom is -0.462 e. The number of hydrogen-bond donors (Lipinski definition) is 1. The predicted octanol–water partition coefficient (Wildman–Crippen LogP) is 8.59. The minimum absolute atomic E-state index is 0.00583. The van der Waals surface area contributed by atoms with E-state index in [2.05, 4.69) is 22.0 Å². The van der Waals surface area contributed by atoms with E-state index in [0.29, 0.717) is 21.7 Å². The molecule has 0 aliphatic rings. The van der Waals surface area contributed by atoms with Crippen LogP contribution in [0.4, 0.5) is 21.9 Å². The Labute approximate surface area is 277 Å². The number of nitrogens with one attached hydrogen (secondary N) is 1. The minimum atomic E-state index is -0.718. The van der Waals surface area contributed by atoms with Crippen molar-refractivity contribution in [1.82, 2.24) is 5.32 Å². The van der Waals surface area contributed by atoms with Crippen molar-refractivity contribution in [2.45, 2.75) is 19.9 Å². The highest BCUT2D eigenvalue weighted by Gasteiger charge is 2.17. The van der Waals surface area contributed by atoms with Gasteiger partial charge in [-0.25, -0.2) is 9.59 Å². The number of amides is 1. The van der Waals surface area contributed by atoms with E-state index in [-0.39, 0.29) is 30.9 Å². The SMILES string of the molecule is C=C(C)C(=O)OCC/C(=N/OC(=O)NCc1ccccc1)c1cccc(N(c2ccccc2)c2ccc(C(=O)c3cccs3)cc2)c1. The second-order valence-electron chi connectivity index (χ2n) is 10.5. The molecule has 47 heavy (non-hydrogen) atoms. The van der Waals surface area contributed by atoms with Gasteiger partial charge in [0, 0.05) is 46.7 Å². The van der Waals surface area contributed by atoms with E-state index < -0.39 is 12.1 Å². The number of nitrogens with zero attached hydrogens (tertiary/aromatic N) is 2. The Balaban J connectivity index is 1.43. The van der Waals surface area contributed by atoms with Gasteiger partial charge in [-0.15, -0.1) is 11.3 Å². The maximum Gasteiger partial charge on any atom is 0.433 e. The third-order valence-corrected chi connectivity index (χ3v) is 7.89. The third-order valence-electron chi connectivity index (χ3n) is 7.02.